The van der Waals surface area contributed by atoms with Gasteiger partial charge in [-0.3, -0.25) is 4.79 Å². The van der Waals surface area contributed by atoms with E-state index in [2.05, 4.69) is 22.4 Å². The molecule has 0 aliphatic heterocycles. The predicted octanol–water partition coefficient (Wildman–Crippen LogP) is 4.42. The first-order valence-corrected chi connectivity index (χ1v) is 9.56. The molecule has 0 radical (unpaired) electrons. The molecule has 0 aliphatic rings. The molecule has 5 nitrogen and oxygen atoms in total. The van der Waals surface area contributed by atoms with Crippen molar-refractivity contribution in [2.75, 3.05) is 7.11 Å². The number of methoxy groups -OCH3 is 1. The Morgan fingerprint density at radius 3 is 2.57 bits per heavy atom. The van der Waals surface area contributed by atoms with E-state index in [1.807, 2.05) is 49.4 Å². The minimum absolute atomic E-state index is 0.0183. The third kappa shape index (κ3) is 5.71. The number of ether oxygens (including phenoxy) is 1. The van der Waals surface area contributed by atoms with E-state index in [1.54, 1.807) is 13.3 Å². The van der Waals surface area contributed by atoms with Gasteiger partial charge in [0.25, 0.3) is 0 Å². The second-order valence-electron chi connectivity index (χ2n) is 6.84. The third-order valence-electron chi connectivity index (χ3n) is 4.61. The summed E-state index contributed by atoms with van der Waals surface area (Å²) in [4.78, 5) is 16.5. The number of hydrogen-bond donors (Lipinski definition) is 1. The predicted molar refractivity (Wildman–Crippen MR) is 109 cm³/mol. The van der Waals surface area contributed by atoms with Crippen LogP contribution < -0.4 is 10.1 Å². The molecule has 0 saturated carbocycles. The summed E-state index contributed by atoms with van der Waals surface area (Å²) in [6, 6.07) is 18.0. The fourth-order valence-electron chi connectivity index (χ4n) is 2.98. The lowest BCUT2D eigenvalue weighted by molar-refractivity contribution is -0.121. The van der Waals surface area contributed by atoms with Crippen LogP contribution in [0, 0.1) is 0 Å². The van der Waals surface area contributed by atoms with Crippen molar-refractivity contribution in [2.45, 2.75) is 38.6 Å². The summed E-state index contributed by atoms with van der Waals surface area (Å²) in [6.45, 7) is 2.04. The Kier molecular flexibility index (Phi) is 6.84. The molecule has 0 aliphatic carbocycles. The maximum Gasteiger partial charge on any atom is 0.220 e. The Morgan fingerprint density at radius 1 is 1.11 bits per heavy atom. The van der Waals surface area contributed by atoms with E-state index < -0.39 is 0 Å². The SMILES string of the molecule is COc1ccc(-c2cnc(CCC(=O)NC(C)CCc3ccccc3)o2)cc1. The molecule has 1 unspecified atom stereocenters. The molecule has 3 aromatic rings. The summed E-state index contributed by atoms with van der Waals surface area (Å²) < 4.78 is 10.9. The van der Waals surface area contributed by atoms with Crippen LogP contribution in [-0.2, 0) is 17.6 Å². The first-order chi connectivity index (χ1) is 13.6. The van der Waals surface area contributed by atoms with Crippen molar-refractivity contribution in [1.29, 1.82) is 0 Å². The molecule has 1 atom stereocenters. The fourth-order valence-corrected chi connectivity index (χ4v) is 2.98. The number of hydrogen-bond acceptors (Lipinski definition) is 4. The standard InChI is InChI=1S/C23H26N2O3/c1-17(8-9-18-6-4-3-5-7-18)25-22(26)14-15-23-24-16-21(28-23)19-10-12-20(27-2)13-11-19/h3-7,10-13,16-17H,8-9,14-15H2,1-2H3,(H,25,26). The first-order valence-electron chi connectivity index (χ1n) is 9.56. The van der Waals surface area contributed by atoms with Gasteiger partial charge >= 0.3 is 0 Å². The number of nitrogens with one attached hydrogen (secondary N) is 1. The number of aromatic nitrogens is 1. The summed E-state index contributed by atoms with van der Waals surface area (Å²) in [5.74, 6) is 2.07. The number of benzene rings is 2. The molecule has 2 aromatic carbocycles. The van der Waals surface area contributed by atoms with Crippen LogP contribution in [0.4, 0.5) is 0 Å². The normalized spacial score (nSPS) is 11.8. The van der Waals surface area contributed by atoms with Crippen LogP contribution in [0.5, 0.6) is 5.75 Å². The quantitative estimate of drug-likeness (QED) is 0.599. The molecule has 28 heavy (non-hydrogen) atoms. The van der Waals surface area contributed by atoms with E-state index in [9.17, 15) is 4.79 Å². The Bertz CT molecular complexity index is 872. The average molecular weight is 378 g/mol. The van der Waals surface area contributed by atoms with E-state index in [1.165, 1.54) is 5.56 Å². The van der Waals surface area contributed by atoms with Gasteiger partial charge in [0.2, 0.25) is 5.91 Å². The Hall–Kier alpha value is -3.08. The monoisotopic (exact) mass is 378 g/mol. The Morgan fingerprint density at radius 2 is 1.86 bits per heavy atom. The van der Waals surface area contributed by atoms with Gasteiger partial charge in [-0.15, -0.1) is 0 Å². The van der Waals surface area contributed by atoms with Crippen LogP contribution in [0.2, 0.25) is 0 Å². The van der Waals surface area contributed by atoms with E-state index in [0.717, 1.165) is 24.2 Å². The highest BCUT2D eigenvalue weighted by atomic mass is 16.5. The zero-order valence-corrected chi connectivity index (χ0v) is 16.4. The summed E-state index contributed by atoms with van der Waals surface area (Å²) in [6.07, 6.45) is 4.40. The van der Waals surface area contributed by atoms with Gasteiger partial charge < -0.3 is 14.5 Å². The maximum absolute atomic E-state index is 12.2. The minimum atomic E-state index is 0.0183. The van der Waals surface area contributed by atoms with Gasteiger partial charge in [-0.05, 0) is 49.6 Å². The maximum atomic E-state index is 12.2. The lowest BCUT2D eigenvalue weighted by atomic mass is 10.1. The second-order valence-corrected chi connectivity index (χ2v) is 6.84. The Balaban J connectivity index is 1.43. The van der Waals surface area contributed by atoms with Crippen molar-refractivity contribution in [3.8, 4) is 17.1 Å². The molecule has 0 spiro atoms. The average Bonchev–Trinajstić information content (AvgIpc) is 3.21. The van der Waals surface area contributed by atoms with Crippen LogP contribution in [0.1, 0.15) is 31.2 Å². The van der Waals surface area contributed by atoms with E-state index >= 15 is 0 Å². The van der Waals surface area contributed by atoms with E-state index in [0.29, 0.717) is 24.5 Å². The molecule has 3 rings (SSSR count). The second kappa shape index (κ2) is 9.74. The third-order valence-corrected chi connectivity index (χ3v) is 4.61. The molecule has 0 saturated heterocycles. The van der Waals surface area contributed by atoms with Crippen molar-refractivity contribution >= 4 is 5.91 Å². The van der Waals surface area contributed by atoms with Crippen molar-refractivity contribution in [1.82, 2.24) is 10.3 Å². The topological polar surface area (TPSA) is 64.4 Å². The summed E-state index contributed by atoms with van der Waals surface area (Å²) in [7, 11) is 1.63. The zero-order chi connectivity index (χ0) is 19.8. The van der Waals surface area contributed by atoms with Crippen LogP contribution in [0.25, 0.3) is 11.3 Å². The number of carbonyl (C=O) groups excluding carboxylic acids is 1. The lowest BCUT2D eigenvalue weighted by Crippen LogP contribution is -2.33. The van der Waals surface area contributed by atoms with E-state index in [-0.39, 0.29) is 11.9 Å². The van der Waals surface area contributed by atoms with Crippen molar-refractivity contribution in [2.24, 2.45) is 0 Å². The summed E-state index contributed by atoms with van der Waals surface area (Å²) >= 11 is 0. The molecular weight excluding hydrogens is 352 g/mol. The van der Waals surface area contributed by atoms with Crippen LogP contribution >= 0.6 is 0 Å². The van der Waals surface area contributed by atoms with Crippen LogP contribution in [0.3, 0.4) is 0 Å². The zero-order valence-electron chi connectivity index (χ0n) is 16.4. The van der Waals surface area contributed by atoms with Gasteiger partial charge in [0, 0.05) is 24.4 Å². The fraction of sp³-hybridized carbons (Fsp3) is 0.304. The molecular formula is C23H26N2O3. The van der Waals surface area contributed by atoms with Gasteiger partial charge in [-0.25, -0.2) is 4.98 Å². The lowest BCUT2D eigenvalue weighted by Gasteiger charge is -2.13. The minimum Gasteiger partial charge on any atom is -0.497 e. The Labute approximate surface area is 165 Å². The number of rotatable bonds is 9. The van der Waals surface area contributed by atoms with Crippen molar-refractivity contribution in [3.05, 3.63) is 72.2 Å². The van der Waals surface area contributed by atoms with Crippen molar-refractivity contribution in [3.63, 3.8) is 0 Å². The van der Waals surface area contributed by atoms with Gasteiger partial charge in [-0.1, -0.05) is 30.3 Å². The van der Waals surface area contributed by atoms with Gasteiger partial charge in [-0.2, -0.15) is 0 Å². The molecule has 1 aromatic heterocycles. The number of amides is 1. The molecule has 1 amide bonds. The number of carbonyl (C=O) groups is 1. The highest BCUT2D eigenvalue weighted by Crippen LogP contribution is 2.23. The van der Waals surface area contributed by atoms with Crippen LogP contribution in [0.15, 0.2) is 65.2 Å². The molecule has 0 fully saturated rings. The number of oxazole rings is 1. The smallest absolute Gasteiger partial charge is 0.220 e. The molecule has 1 heterocycles. The molecule has 0 bridgehead atoms. The van der Waals surface area contributed by atoms with Gasteiger partial charge in [0.15, 0.2) is 11.7 Å². The van der Waals surface area contributed by atoms with Crippen LogP contribution in [-0.4, -0.2) is 24.0 Å². The van der Waals surface area contributed by atoms with Crippen molar-refractivity contribution < 1.29 is 13.9 Å². The number of aryl methyl sites for hydroxylation is 2. The van der Waals surface area contributed by atoms with Gasteiger partial charge in [0.1, 0.15) is 5.75 Å². The molecule has 1 N–H and O–H groups in total. The molecule has 5 heteroatoms. The van der Waals surface area contributed by atoms with E-state index in [4.69, 9.17) is 9.15 Å². The largest absolute Gasteiger partial charge is 0.497 e. The highest BCUT2D eigenvalue weighted by Gasteiger charge is 2.11. The molecule has 146 valence electrons. The summed E-state index contributed by atoms with van der Waals surface area (Å²) in [5.41, 5.74) is 2.22. The number of nitrogens with zero attached hydrogens (tertiary/aromatic N) is 1. The van der Waals surface area contributed by atoms with Gasteiger partial charge in [0.05, 0.1) is 13.3 Å². The first kappa shape index (κ1) is 19.7. The highest BCUT2D eigenvalue weighted by molar-refractivity contribution is 5.76. The summed E-state index contributed by atoms with van der Waals surface area (Å²) in [5, 5.41) is 3.05.